The molecule has 20 heavy (non-hydrogen) atoms. The summed E-state index contributed by atoms with van der Waals surface area (Å²) < 4.78 is 4.97. The molecule has 0 unspecified atom stereocenters. The molecule has 0 saturated heterocycles. The van der Waals surface area contributed by atoms with Crippen molar-refractivity contribution >= 4 is 29.0 Å². The molecule has 0 amide bonds. The van der Waals surface area contributed by atoms with E-state index >= 15 is 0 Å². The number of benzene rings is 1. The maximum Gasteiger partial charge on any atom is 0.338 e. The van der Waals surface area contributed by atoms with Crippen LogP contribution in [0.5, 0.6) is 0 Å². The Kier molecular flexibility index (Phi) is 7.01. The smallest absolute Gasteiger partial charge is 0.338 e. The Morgan fingerprint density at radius 1 is 1.40 bits per heavy atom. The van der Waals surface area contributed by atoms with Crippen LogP contribution in [0.2, 0.25) is 0 Å². The third-order valence-electron chi connectivity index (χ3n) is 2.73. The van der Waals surface area contributed by atoms with Crippen LogP contribution in [-0.2, 0) is 4.74 Å². The second-order valence-electron chi connectivity index (χ2n) is 4.59. The van der Waals surface area contributed by atoms with Crippen molar-refractivity contribution in [1.82, 2.24) is 5.32 Å². The molecule has 1 atom stereocenters. The van der Waals surface area contributed by atoms with Crippen LogP contribution in [0.3, 0.4) is 0 Å². The topological polar surface area (TPSA) is 50.4 Å². The van der Waals surface area contributed by atoms with Gasteiger partial charge in [-0.2, -0.15) is 0 Å². The van der Waals surface area contributed by atoms with Crippen LogP contribution >= 0.6 is 12.2 Å². The van der Waals surface area contributed by atoms with E-state index in [9.17, 15) is 4.79 Å². The van der Waals surface area contributed by atoms with Crippen LogP contribution in [0.1, 0.15) is 44.0 Å². The van der Waals surface area contributed by atoms with Crippen molar-refractivity contribution < 1.29 is 9.53 Å². The van der Waals surface area contributed by atoms with Crippen molar-refractivity contribution in [3.8, 4) is 0 Å². The van der Waals surface area contributed by atoms with E-state index in [1.165, 1.54) is 0 Å². The summed E-state index contributed by atoms with van der Waals surface area (Å²) in [7, 11) is 0. The molecule has 2 N–H and O–H groups in total. The minimum Gasteiger partial charge on any atom is -0.462 e. The van der Waals surface area contributed by atoms with Crippen molar-refractivity contribution in [2.45, 2.75) is 39.7 Å². The molecule has 0 aromatic heterocycles. The predicted octanol–water partition coefficient (Wildman–Crippen LogP) is 3.34. The van der Waals surface area contributed by atoms with Gasteiger partial charge in [-0.1, -0.05) is 19.4 Å². The summed E-state index contributed by atoms with van der Waals surface area (Å²) in [5.74, 6) is -0.325. The number of carbonyl (C=O) groups excluding carboxylic acids is 1. The lowest BCUT2D eigenvalue weighted by Crippen LogP contribution is -2.35. The van der Waals surface area contributed by atoms with Crippen molar-refractivity contribution in [2.24, 2.45) is 0 Å². The van der Waals surface area contributed by atoms with Gasteiger partial charge in [-0.25, -0.2) is 4.79 Å². The summed E-state index contributed by atoms with van der Waals surface area (Å²) in [5, 5.41) is 6.85. The highest BCUT2D eigenvalue weighted by Gasteiger charge is 2.08. The molecule has 0 bridgehead atoms. The van der Waals surface area contributed by atoms with Gasteiger partial charge in [0.25, 0.3) is 0 Å². The third-order valence-corrected chi connectivity index (χ3v) is 2.95. The van der Waals surface area contributed by atoms with E-state index in [0.717, 1.165) is 18.5 Å². The van der Waals surface area contributed by atoms with Crippen LogP contribution in [-0.4, -0.2) is 23.7 Å². The van der Waals surface area contributed by atoms with Crippen LogP contribution in [0.15, 0.2) is 24.3 Å². The fourth-order valence-electron chi connectivity index (χ4n) is 1.83. The zero-order valence-electron chi connectivity index (χ0n) is 12.2. The van der Waals surface area contributed by atoms with E-state index in [4.69, 9.17) is 17.0 Å². The van der Waals surface area contributed by atoms with E-state index < -0.39 is 0 Å². The Morgan fingerprint density at radius 3 is 2.80 bits per heavy atom. The van der Waals surface area contributed by atoms with Gasteiger partial charge in [0.15, 0.2) is 5.11 Å². The van der Waals surface area contributed by atoms with E-state index in [1.807, 2.05) is 6.07 Å². The lowest BCUT2D eigenvalue weighted by atomic mass is 10.2. The number of hydrogen-bond acceptors (Lipinski definition) is 3. The number of ether oxygens (including phenoxy) is 1. The lowest BCUT2D eigenvalue weighted by Gasteiger charge is -2.16. The van der Waals surface area contributed by atoms with Crippen LogP contribution < -0.4 is 10.6 Å². The van der Waals surface area contributed by atoms with Crippen molar-refractivity contribution in [2.75, 3.05) is 11.9 Å². The highest BCUT2D eigenvalue weighted by Crippen LogP contribution is 2.12. The van der Waals surface area contributed by atoms with Gasteiger partial charge < -0.3 is 15.4 Å². The van der Waals surface area contributed by atoms with E-state index in [1.54, 1.807) is 25.1 Å². The first-order valence-electron chi connectivity index (χ1n) is 6.91. The summed E-state index contributed by atoms with van der Waals surface area (Å²) in [6.07, 6.45) is 2.17. The van der Waals surface area contributed by atoms with Gasteiger partial charge >= 0.3 is 5.97 Å². The van der Waals surface area contributed by atoms with Crippen molar-refractivity contribution in [3.63, 3.8) is 0 Å². The van der Waals surface area contributed by atoms with Gasteiger partial charge in [0, 0.05) is 11.7 Å². The Labute approximate surface area is 125 Å². The zero-order chi connectivity index (χ0) is 15.0. The number of anilines is 1. The fraction of sp³-hybridized carbons (Fsp3) is 0.467. The molecule has 1 aromatic carbocycles. The quantitative estimate of drug-likeness (QED) is 0.622. The molecule has 0 saturated carbocycles. The van der Waals surface area contributed by atoms with E-state index in [0.29, 0.717) is 23.3 Å². The Balaban J connectivity index is 2.61. The maximum absolute atomic E-state index is 11.6. The Bertz CT molecular complexity index is 463. The normalized spacial score (nSPS) is 11.6. The SMILES string of the molecule is CCC[C@H](C)NC(=S)Nc1cccc(C(=O)OCC)c1. The average Bonchev–Trinajstić information content (AvgIpc) is 2.39. The molecule has 0 aliphatic carbocycles. The molecule has 110 valence electrons. The molecule has 1 rings (SSSR count). The standard InChI is InChI=1S/C15H22N2O2S/c1-4-7-11(3)16-15(20)17-13-9-6-8-12(10-13)14(18)19-5-2/h6,8-11H,4-5,7H2,1-3H3,(H2,16,17,20)/t11-/m0/s1. The second-order valence-corrected chi connectivity index (χ2v) is 5.00. The monoisotopic (exact) mass is 294 g/mol. The minimum absolute atomic E-state index is 0.325. The van der Waals surface area contributed by atoms with Gasteiger partial charge in [-0.3, -0.25) is 0 Å². The first-order chi connectivity index (χ1) is 9.56. The van der Waals surface area contributed by atoms with Gasteiger partial charge in [-0.05, 0) is 50.7 Å². The molecule has 0 spiro atoms. The van der Waals surface area contributed by atoms with Gasteiger partial charge in [0.05, 0.1) is 12.2 Å². The Morgan fingerprint density at radius 2 is 2.15 bits per heavy atom. The molecule has 0 fully saturated rings. The van der Waals surface area contributed by atoms with Gasteiger partial charge in [0.1, 0.15) is 0 Å². The highest BCUT2D eigenvalue weighted by atomic mass is 32.1. The van der Waals surface area contributed by atoms with E-state index in [-0.39, 0.29) is 5.97 Å². The molecular weight excluding hydrogens is 272 g/mol. The lowest BCUT2D eigenvalue weighted by molar-refractivity contribution is 0.0526. The fourth-order valence-corrected chi connectivity index (χ4v) is 2.15. The largest absolute Gasteiger partial charge is 0.462 e. The maximum atomic E-state index is 11.6. The second kappa shape index (κ2) is 8.53. The molecule has 1 aromatic rings. The molecule has 0 heterocycles. The number of carbonyl (C=O) groups is 1. The van der Waals surface area contributed by atoms with Gasteiger partial charge in [-0.15, -0.1) is 0 Å². The first kappa shape index (κ1) is 16.4. The molecule has 0 radical (unpaired) electrons. The molecular formula is C15H22N2O2S. The average molecular weight is 294 g/mol. The Hall–Kier alpha value is -1.62. The zero-order valence-corrected chi connectivity index (χ0v) is 13.0. The summed E-state index contributed by atoms with van der Waals surface area (Å²) in [4.78, 5) is 11.6. The van der Waals surface area contributed by atoms with E-state index in [2.05, 4.69) is 24.5 Å². The molecule has 0 aliphatic rings. The number of rotatable bonds is 6. The van der Waals surface area contributed by atoms with Crippen LogP contribution in [0.25, 0.3) is 0 Å². The number of esters is 1. The highest BCUT2D eigenvalue weighted by molar-refractivity contribution is 7.80. The van der Waals surface area contributed by atoms with Crippen LogP contribution in [0, 0.1) is 0 Å². The summed E-state index contributed by atoms with van der Waals surface area (Å²) in [6.45, 7) is 6.38. The number of hydrogen-bond donors (Lipinski definition) is 2. The van der Waals surface area contributed by atoms with Gasteiger partial charge in [0.2, 0.25) is 0 Å². The number of nitrogens with one attached hydrogen (secondary N) is 2. The van der Waals surface area contributed by atoms with Crippen LogP contribution in [0.4, 0.5) is 5.69 Å². The third kappa shape index (κ3) is 5.57. The minimum atomic E-state index is -0.325. The molecule has 4 nitrogen and oxygen atoms in total. The van der Waals surface area contributed by atoms with Crippen molar-refractivity contribution in [1.29, 1.82) is 0 Å². The first-order valence-corrected chi connectivity index (χ1v) is 7.32. The molecule has 0 aliphatic heterocycles. The summed E-state index contributed by atoms with van der Waals surface area (Å²) in [6, 6.07) is 7.44. The predicted molar refractivity (Wildman–Crippen MR) is 86.1 cm³/mol. The van der Waals surface area contributed by atoms with Crippen molar-refractivity contribution in [3.05, 3.63) is 29.8 Å². The molecule has 5 heteroatoms. The number of thiocarbonyl (C=S) groups is 1. The summed E-state index contributed by atoms with van der Waals surface area (Å²) in [5.41, 5.74) is 1.29. The summed E-state index contributed by atoms with van der Waals surface area (Å²) >= 11 is 5.25.